The molecule has 1 aromatic heterocycles. The van der Waals surface area contributed by atoms with Gasteiger partial charge < -0.3 is 15.4 Å². The molecule has 0 radical (unpaired) electrons. The van der Waals surface area contributed by atoms with E-state index in [1.165, 1.54) is 6.42 Å². The van der Waals surface area contributed by atoms with Gasteiger partial charge in [-0.2, -0.15) is 0 Å². The average Bonchev–Trinajstić information content (AvgIpc) is 2.71. The van der Waals surface area contributed by atoms with E-state index >= 15 is 0 Å². The molecule has 2 rings (SSSR count). The highest BCUT2D eigenvalue weighted by atomic mass is 16.5. The van der Waals surface area contributed by atoms with E-state index in [2.05, 4.69) is 16.0 Å². The molecule has 0 spiro atoms. The zero-order valence-corrected chi connectivity index (χ0v) is 9.94. The van der Waals surface area contributed by atoms with Gasteiger partial charge in [-0.25, -0.2) is 4.98 Å². The lowest BCUT2D eigenvalue weighted by molar-refractivity contribution is 0.161. The molecule has 16 heavy (non-hydrogen) atoms. The van der Waals surface area contributed by atoms with Crippen molar-refractivity contribution in [2.24, 2.45) is 5.92 Å². The van der Waals surface area contributed by atoms with Gasteiger partial charge in [-0.15, -0.1) is 0 Å². The molecule has 1 fully saturated rings. The van der Waals surface area contributed by atoms with Gasteiger partial charge in [0.15, 0.2) is 0 Å². The van der Waals surface area contributed by atoms with Crippen LogP contribution in [0.15, 0.2) is 12.3 Å². The predicted molar refractivity (Wildman–Crippen MR) is 65.6 cm³/mol. The summed E-state index contributed by atoms with van der Waals surface area (Å²) in [6.07, 6.45) is 2.92. The minimum atomic E-state index is 0.629. The fourth-order valence-corrected chi connectivity index (χ4v) is 2.14. The zero-order chi connectivity index (χ0) is 11.5. The maximum absolute atomic E-state index is 5.76. The summed E-state index contributed by atoms with van der Waals surface area (Å²) in [6, 6.07) is 2.06. The van der Waals surface area contributed by atoms with Crippen molar-refractivity contribution >= 4 is 11.5 Å². The van der Waals surface area contributed by atoms with Crippen molar-refractivity contribution < 1.29 is 4.74 Å². The van der Waals surface area contributed by atoms with Gasteiger partial charge in [0.1, 0.15) is 5.82 Å². The van der Waals surface area contributed by atoms with Gasteiger partial charge >= 0.3 is 0 Å². The number of ether oxygens (including phenoxy) is 1. The minimum Gasteiger partial charge on any atom is -0.397 e. The molecule has 2 heterocycles. The van der Waals surface area contributed by atoms with Crippen LogP contribution < -0.4 is 10.6 Å². The molecule has 88 valence electrons. The average molecular weight is 221 g/mol. The van der Waals surface area contributed by atoms with Crippen molar-refractivity contribution in [2.45, 2.75) is 13.3 Å². The Balaban J connectivity index is 2.05. The van der Waals surface area contributed by atoms with Gasteiger partial charge in [0.25, 0.3) is 0 Å². The SMILES string of the molecule is COCC1CCN(c2cc(C)c(N)cn2)C1. The number of rotatable bonds is 3. The van der Waals surface area contributed by atoms with Crippen LogP contribution >= 0.6 is 0 Å². The van der Waals surface area contributed by atoms with E-state index in [0.717, 1.165) is 36.8 Å². The third-order valence-corrected chi connectivity index (χ3v) is 3.15. The van der Waals surface area contributed by atoms with Crippen molar-refractivity contribution in [2.75, 3.05) is 37.4 Å². The summed E-state index contributed by atoms with van der Waals surface area (Å²) >= 11 is 0. The lowest BCUT2D eigenvalue weighted by Gasteiger charge is -2.18. The molecule has 2 N–H and O–H groups in total. The molecule has 4 nitrogen and oxygen atoms in total. The second-order valence-electron chi connectivity index (χ2n) is 4.46. The first-order valence-corrected chi connectivity index (χ1v) is 5.66. The fraction of sp³-hybridized carbons (Fsp3) is 0.583. The van der Waals surface area contributed by atoms with E-state index in [0.29, 0.717) is 5.92 Å². The number of anilines is 2. The fourth-order valence-electron chi connectivity index (χ4n) is 2.14. The Hall–Kier alpha value is -1.29. The number of hydrogen-bond acceptors (Lipinski definition) is 4. The zero-order valence-electron chi connectivity index (χ0n) is 9.94. The smallest absolute Gasteiger partial charge is 0.128 e. The number of aromatic nitrogens is 1. The molecule has 1 aliphatic heterocycles. The van der Waals surface area contributed by atoms with Crippen molar-refractivity contribution in [3.63, 3.8) is 0 Å². The number of hydrogen-bond donors (Lipinski definition) is 1. The first-order chi connectivity index (χ1) is 7.70. The first kappa shape index (κ1) is 11.2. The van der Waals surface area contributed by atoms with E-state index in [-0.39, 0.29) is 0 Å². The summed E-state index contributed by atoms with van der Waals surface area (Å²) in [6.45, 7) is 4.95. The molecular formula is C12H19N3O. The lowest BCUT2D eigenvalue weighted by atomic mass is 10.1. The standard InChI is InChI=1S/C12H19N3O/c1-9-5-12(14-6-11(9)13)15-4-3-10(7-15)8-16-2/h5-6,10H,3-4,7-8,13H2,1-2H3. The molecule has 0 aromatic carbocycles. The monoisotopic (exact) mass is 221 g/mol. The Bertz CT molecular complexity index is 367. The molecule has 0 amide bonds. The van der Waals surface area contributed by atoms with E-state index in [1.807, 2.05) is 6.92 Å². The molecule has 1 unspecified atom stereocenters. The van der Waals surface area contributed by atoms with Crippen molar-refractivity contribution in [3.8, 4) is 0 Å². The summed E-state index contributed by atoms with van der Waals surface area (Å²) in [5.41, 5.74) is 7.62. The van der Waals surface area contributed by atoms with Crippen LogP contribution in [0.5, 0.6) is 0 Å². The Morgan fingerprint density at radius 2 is 2.44 bits per heavy atom. The molecule has 1 atom stereocenters. The number of aryl methyl sites for hydroxylation is 1. The Morgan fingerprint density at radius 3 is 3.12 bits per heavy atom. The largest absolute Gasteiger partial charge is 0.397 e. The lowest BCUT2D eigenvalue weighted by Crippen LogP contribution is -2.22. The highest BCUT2D eigenvalue weighted by Gasteiger charge is 2.23. The van der Waals surface area contributed by atoms with Crippen LogP contribution in [0.3, 0.4) is 0 Å². The Kier molecular flexibility index (Phi) is 3.29. The molecule has 0 bridgehead atoms. The second-order valence-corrected chi connectivity index (χ2v) is 4.46. The van der Waals surface area contributed by atoms with E-state index in [9.17, 15) is 0 Å². The van der Waals surface area contributed by atoms with Crippen molar-refractivity contribution in [1.29, 1.82) is 0 Å². The van der Waals surface area contributed by atoms with Crippen molar-refractivity contribution in [1.82, 2.24) is 4.98 Å². The highest BCUT2D eigenvalue weighted by Crippen LogP contribution is 2.24. The van der Waals surface area contributed by atoms with E-state index in [1.54, 1.807) is 13.3 Å². The number of nitrogens with two attached hydrogens (primary N) is 1. The molecular weight excluding hydrogens is 202 g/mol. The molecule has 1 aromatic rings. The summed E-state index contributed by atoms with van der Waals surface area (Å²) in [5.74, 6) is 1.66. The van der Waals surface area contributed by atoms with Gasteiger partial charge in [0.05, 0.1) is 18.5 Å². The van der Waals surface area contributed by atoms with Gasteiger partial charge in [-0.1, -0.05) is 0 Å². The van der Waals surface area contributed by atoms with Crippen molar-refractivity contribution in [3.05, 3.63) is 17.8 Å². The number of nitrogens with zero attached hydrogens (tertiary/aromatic N) is 2. The highest BCUT2D eigenvalue weighted by molar-refractivity contribution is 5.52. The topological polar surface area (TPSA) is 51.4 Å². The van der Waals surface area contributed by atoms with Crippen LogP contribution in [0.2, 0.25) is 0 Å². The van der Waals surface area contributed by atoms with Crippen LogP contribution in [0.4, 0.5) is 11.5 Å². The number of methoxy groups -OCH3 is 1. The number of nitrogen functional groups attached to an aromatic ring is 1. The van der Waals surface area contributed by atoms with Gasteiger partial charge in [-0.05, 0) is 25.0 Å². The van der Waals surface area contributed by atoms with Gasteiger partial charge in [0, 0.05) is 26.1 Å². The van der Waals surface area contributed by atoms with E-state index in [4.69, 9.17) is 10.5 Å². The van der Waals surface area contributed by atoms with Crippen LogP contribution in [0.25, 0.3) is 0 Å². The molecule has 1 saturated heterocycles. The van der Waals surface area contributed by atoms with Gasteiger partial charge in [0.2, 0.25) is 0 Å². The van der Waals surface area contributed by atoms with Crippen LogP contribution in [0, 0.1) is 12.8 Å². The van der Waals surface area contributed by atoms with E-state index < -0.39 is 0 Å². The summed E-state index contributed by atoms with van der Waals surface area (Å²) in [4.78, 5) is 6.68. The predicted octanol–water partition coefficient (Wildman–Crippen LogP) is 1.44. The molecule has 0 aliphatic carbocycles. The summed E-state index contributed by atoms with van der Waals surface area (Å²) < 4.78 is 5.19. The third-order valence-electron chi connectivity index (χ3n) is 3.15. The quantitative estimate of drug-likeness (QED) is 0.839. The summed E-state index contributed by atoms with van der Waals surface area (Å²) in [7, 11) is 1.76. The maximum atomic E-state index is 5.76. The summed E-state index contributed by atoms with van der Waals surface area (Å²) in [5, 5.41) is 0. The molecule has 0 saturated carbocycles. The third kappa shape index (κ3) is 2.27. The molecule has 4 heteroatoms. The van der Waals surface area contributed by atoms with Crippen LogP contribution in [-0.2, 0) is 4.74 Å². The molecule has 1 aliphatic rings. The second kappa shape index (κ2) is 4.70. The number of pyridine rings is 1. The van der Waals surface area contributed by atoms with Crippen LogP contribution in [0.1, 0.15) is 12.0 Å². The Labute approximate surface area is 96.4 Å². The normalized spacial score (nSPS) is 20.4. The first-order valence-electron chi connectivity index (χ1n) is 5.66. The maximum Gasteiger partial charge on any atom is 0.128 e. The van der Waals surface area contributed by atoms with Crippen LogP contribution in [-0.4, -0.2) is 31.8 Å². The Morgan fingerprint density at radius 1 is 1.62 bits per heavy atom. The minimum absolute atomic E-state index is 0.629. The van der Waals surface area contributed by atoms with Gasteiger partial charge in [-0.3, -0.25) is 0 Å².